The zero-order chi connectivity index (χ0) is 42.6. The molecule has 15 heteroatoms. The van der Waals surface area contributed by atoms with Crippen LogP contribution in [-0.4, -0.2) is 85.4 Å². The first-order chi connectivity index (χ1) is 30.4. The number of anilines is 2. The summed E-state index contributed by atoms with van der Waals surface area (Å²) in [5.41, 5.74) is 7.91. The molecule has 2 aliphatic heterocycles. The molecule has 3 N–H and O–H groups in total. The van der Waals surface area contributed by atoms with Crippen LogP contribution in [0, 0.1) is 0 Å². The Morgan fingerprint density at radius 2 is 1.65 bits per heavy atom. The molecule has 316 valence electrons. The van der Waals surface area contributed by atoms with E-state index in [4.69, 9.17) is 26.4 Å². The van der Waals surface area contributed by atoms with Crippen molar-refractivity contribution < 1.29 is 19.4 Å². The SMILES string of the molecule is O=C(N[C@H]1N=C(c2ccccc2)c2ccccc2NC1=O)c1ccc(N2CCOCC2)cc1Cl.O=c1n(Cc2nc3ccccc3n2CCCCO)c2cnccc2n1C1CC1. The minimum Gasteiger partial charge on any atom is -0.396 e. The van der Waals surface area contributed by atoms with Gasteiger partial charge in [-0.3, -0.25) is 23.7 Å². The number of halogens is 1. The second-order valence-electron chi connectivity index (χ2n) is 15.5. The lowest BCUT2D eigenvalue weighted by molar-refractivity contribution is -0.117. The highest BCUT2D eigenvalue weighted by Gasteiger charge is 2.30. The van der Waals surface area contributed by atoms with E-state index in [1.165, 1.54) is 0 Å². The summed E-state index contributed by atoms with van der Waals surface area (Å²) < 4.78 is 11.3. The molecule has 1 aliphatic carbocycles. The van der Waals surface area contributed by atoms with Gasteiger partial charge in [0.2, 0.25) is 6.17 Å². The molecule has 62 heavy (non-hydrogen) atoms. The number of nitrogens with zero attached hydrogens (tertiary/aromatic N) is 7. The molecule has 2 amide bonds. The predicted molar refractivity (Wildman–Crippen MR) is 240 cm³/mol. The van der Waals surface area contributed by atoms with Crippen LogP contribution in [0.1, 0.15) is 59.0 Å². The third kappa shape index (κ3) is 8.49. The minimum absolute atomic E-state index is 0.0134. The second-order valence-corrected chi connectivity index (χ2v) is 15.9. The zero-order valence-electron chi connectivity index (χ0n) is 34.0. The molecule has 7 aromatic rings. The van der Waals surface area contributed by atoms with Crippen molar-refractivity contribution in [2.45, 2.75) is 51.0 Å². The number of aromatic nitrogens is 5. The van der Waals surface area contributed by atoms with Gasteiger partial charge in [-0.1, -0.05) is 72.3 Å². The highest BCUT2D eigenvalue weighted by Crippen LogP contribution is 2.36. The number of ether oxygens (including phenoxy) is 1. The van der Waals surface area contributed by atoms with Crippen LogP contribution in [0.15, 0.2) is 125 Å². The van der Waals surface area contributed by atoms with Gasteiger partial charge in [0, 0.05) is 55.3 Å². The molecule has 10 rings (SSSR count). The molecule has 4 aromatic carbocycles. The number of nitrogens with one attached hydrogen (secondary N) is 2. The Balaban J connectivity index is 0.000000161. The molecule has 2 fully saturated rings. The fraction of sp³-hybridized carbons (Fsp3) is 0.277. The Hall–Kier alpha value is -6.61. The number of carbonyl (C=O) groups is 2. The number of aliphatic hydroxyl groups is 1. The summed E-state index contributed by atoms with van der Waals surface area (Å²) >= 11 is 6.47. The molecule has 3 aromatic heterocycles. The van der Waals surface area contributed by atoms with Gasteiger partial charge >= 0.3 is 5.69 Å². The number of benzodiazepines with no additional fused rings is 1. The number of carbonyl (C=O) groups excluding carboxylic acids is 2. The van der Waals surface area contributed by atoms with Gasteiger partial charge in [-0.15, -0.1) is 0 Å². The van der Waals surface area contributed by atoms with Gasteiger partial charge < -0.3 is 29.9 Å². The van der Waals surface area contributed by atoms with E-state index < -0.39 is 18.0 Å². The van der Waals surface area contributed by atoms with Crippen LogP contribution in [0.4, 0.5) is 11.4 Å². The van der Waals surface area contributed by atoms with Gasteiger partial charge in [0.15, 0.2) is 0 Å². The molecule has 0 unspecified atom stereocenters. The van der Waals surface area contributed by atoms with Crippen LogP contribution in [0.2, 0.25) is 5.02 Å². The van der Waals surface area contributed by atoms with Crippen molar-refractivity contribution in [1.29, 1.82) is 0 Å². The molecule has 5 heterocycles. The molecule has 1 saturated heterocycles. The lowest BCUT2D eigenvalue weighted by atomic mass is 10.0. The van der Waals surface area contributed by atoms with E-state index >= 15 is 0 Å². The van der Waals surface area contributed by atoms with Gasteiger partial charge in [-0.05, 0) is 68.1 Å². The summed E-state index contributed by atoms with van der Waals surface area (Å²) in [5.74, 6) is -0.0338. The van der Waals surface area contributed by atoms with Crippen molar-refractivity contribution in [3.63, 3.8) is 0 Å². The molecule has 14 nitrogen and oxygen atoms in total. The summed E-state index contributed by atoms with van der Waals surface area (Å²) in [5, 5.41) is 15.1. The Kier molecular flexibility index (Phi) is 11.9. The number of para-hydroxylation sites is 3. The number of aliphatic imine (C=N–C) groups is 1. The Morgan fingerprint density at radius 3 is 2.44 bits per heavy atom. The lowest BCUT2D eigenvalue weighted by Crippen LogP contribution is -2.42. The van der Waals surface area contributed by atoms with Crippen LogP contribution in [0.3, 0.4) is 0 Å². The maximum absolute atomic E-state index is 13.2. The number of imidazole rings is 2. The van der Waals surface area contributed by atoms with Crippen molar-refractivity contribution in [3.8, 4) is 0 Å². The normalized spacial score (nSPS) is 16.2. The molecule has 1 saturated carbocycles. The molecule has 1 atom stereocenters. The topological polar surface area (TPSA) is 161 Å². The molecule has 3 aliphatic rings. The zero-order valence-corrected chi connectivity index (χ0v) is 34.7. The van der Waals surface area contributed by atoms with Gasteiger partial charge in [0.25, 0.3) is 11.8 Å². The lowest BCUT2D eigenvalue weighted by Gasteiger charge is -2.29. The van der Waals surface area contributed by atoms with Crippen molar-refractivity contribution >= 4 is 62.6 Å². The van der Waals surface area contributed by atoms with Crippen LogP contribution in [0.25, 0.3) is 22.1 Å². The summed E-state index contributed by atoms with van der Waals surface area (Å²) in [6.45, 7) is 4.20. The number of pyridine rings is 1. The highest BCUT2D eigenvalue weighted by atomic mass is 35.5. The number of unbranched alkanes of at least 4 members (excludes halogenated alkanes) is 1. The summed E-state index contributed by atoms with van der Waals surface area (Å²) in [7, 11) is 0. The molecule has 0 radical (unpaired) electrons. The second kappa shape index (κ2) is 18.2. The first-order valence-corrected chi connectivity index (χ1v) is 21.3. The number of rotatable bonds is 11. The average Bonchev–Trinajstić information content (AvgIpc) is 4.05. The van der Waals surface area contributed by atoms with Crippen molar-refractivity contribution in [1.82, 2.24) is 29.0 Å². The van der Waals surface area contributed by atoms with Crippen LogP contribution in [-0.2, 0) is 22.6 Å². The Bertz CT molecular complexity index is 2840. The Labute approximate surface area is 362 Å². The quantitative estimate of drug-likeness (QED) is 0.126. The number of aliphatic hydroxyl groups excluding tert-OH is 1. The number of morpholine rings is 1. The summed E-state index contributed by atoms with van der Waals surface area (Å²) in [6, 6.07) is 32.6. The third-order valence-electron chi connectivity index (χ3n) is 11.3. The van der Waals surface area contributed by atoms with E-state index in [9.17, 15) is 14.4 Å². The highest BCUT2D eigenvalue weighted by molar-refractivity contribution is 6.34. The van der Waals surface area contributed by atoms with E-state index in [1.807, 2.05) is 89.5 Å². The van der Waals surface area contributed by atoms with Crippen molar-refractivity contribution in [2.24, 2.45) is 4.99 Å². The van der Waals surface area contributed by atoms with Gasteiger partial charge in [-0.25, -0.2) is 14.8 Å². The third-order valence-corrected chi connectivity index (χ3v) is 11.6. The first kappa shape index (κ1) is 40.8. The van der Waals surface area contributed by atoms with Crippen LogP contribution >= 0.6 is 11.6 Å². The predicted octanol–water partition coefficient (Wildman–Crippen LogP) is 6.43. The molecule has 0 bridgehead atoms. The van der Waals surface area contributed by atoms with E-state index in [0.29, 0.717) is 42.2 Å². The smallest absolute Gasteiger partial charge is 0.329 e. The molecular weight excluding hydrogens is 806 g/mol. The average molecular weight is 852 g/mol. The maximum Gasteiger partial charge on any atom is 0.329 e. The molecular formula is C47H46ClN9O5. The summed E-state index contributed by atoms with van der Waals surface area (Å²) in [4.78, 5) is 55.2. The van der Waals surface area contributed by atoms with E-state index in [0.717, 1.165) is 90.0 Å². The Morgan fingerprint density at radius 1 is 0.871 bits per heavy atom. The number of hydrogen-bond acceptors (Lipinski definition) is 9. The van der Waals surface area contributed by atoms with E-state index in [-0.39, 0.29) is 17.9 Å². The standard InChI is InChI=1S/C26H23ClN4O3.C21H23N5O2/c27-21-16-18(31-12-14-34-15-13-31)10-11-19(21)25(32)30-24-26(33)28-22-9-5-4-8-20(22)23(29-24)17-6-2-1-3-7-17;27-12-4-3-11-24-17-6-2-1-5-16(17)23-20(24)14-25-19-13-22-10-9-18(19)26(21(25)28)15-7-8-15/h1-11,16,24H,12-15H2,(H,28,33)(H,30,32);1-2,5-6,9-10,13,15,27H,3-4,7-8,11-12,14H2/t24-;/m1./s1. The van der Waals surface area contributed by atoms with Gasteiger partial charge in [-0.2, -0.15) is 0 Å². The number of amides is 2. The largest absolute Gasteiger partial charge is 0.396 e. The van der Waals surface area contributed by atoms with Crippen LogP contribution in [0.5, 0.6) is 0 Å². The van der Waals surface area contributed by atoms with Gasteiger partial charge in [0.05, 0.1) is 70.0 Å². The maximum atomic E-state index is 13.2. The van der Waals surface area contributed by atoms with Crippen LogP contribution < -0.4 is 21.2 Å². The first-order valence-electron chi connectivity index (χ1n) is 20.9. The fourth-order valence-corrected chi connectivity index (χ4v) is 8.33. The number of hydrogen-bond donors (Lipinski definition) is 3. The minimum atomic E-state index is -1.12. The summed E-state index contributed by atoms with van der Waals surface area (Å²) in [6.07, 6.45) is 6.12. The molecule has 0 spiro atoms. The number of benzene rings is 4. The van der Waals surface area contributed by atoms with Gasteiger partial charge in [0.1, 0.15) is 5.82 Å². The van der Waals surface area contributed by atoms with E-state index in [1.54, 1.807) is 29.1 Å². The van der Waals surface area contributed by atoms with Crippen molar-refractivity contribution in [2.75, 3.05) is 43.1 Å². The number of fused-ring (bicyclic) bond motifs is 3. The fourth-order valence-electron chi connectivity index (χ4n) is 8.07. The monoisotopic (exact) mass is 851 g/mol. The van der Waals surface area contributed by atoms with E-state index in [2.05, 4.69) is 36.1 Å². The number of aryl methyl sites for hydroxylation is 1. The van der Waals surface area contributed by atoms with Crippen molar-refractivity contribution in [3.05, 3.63) is 154 Å².